The van der Waals surface area contributed by atoms with Gasteiger partial charge < -0.3 is 20.5 Å². The maximum atomic E-state index is 13.8. The Bertz CT molecular complexity index is 1270. The summed E-state index contributed by atoms with van der Waals surface area (Å²) in [6, 6.07) is 13.9. The van der Waals surface area contributed by atoms with Crippen LogP contribution in [0.4, 0.5) is 21.5 Å². The molecular weight excluding hydrogens is 431 g/mol. The third-order valence-electron chi connectivity index (χ3n) is 5.72. The summed E-state index contributed by atoms with van der Waals surface area (Å²) in [7, 11) is 0. The standard InChI is InChI=1S/C26H29FN6O/c1-18(2)10-12-33-25-8-5-20(27)13-22(25)31-26(33)15-30-23-14-29-11-9-24(23)32(17-34)16-19-3-6-21(28)7-4-19/h3-9,11,13-14,17-18,30H,10,12,15-16,28H2,1-2H3. The molecule has 8 heteroatoms. The molecule has 4 aromatic rings. The number of nitrogen functional groups attached to an aromatic ring is 1. The molecule has 4 rings (SSSR count). The van der Waals surface area contributed by atoms with Crippen LogP contribution in [0.25, 0.3) is 11.0 Å². The van der Waals surface area contributed by atoms with Gasteiger partial charge in [-0.1, -0.05) is 26.0 Å². The molecule has 0 aliphatic rings. The Hall–Kier alpha value is -3.94. The van der Waals surface area contributed by atoms with E-state index in [1.54, 1.807) is 29.4 Å². The Morgan fingerprint density at radius 1 is 1.18 bits per heavy atom. The van der Waals surface area contributed by atoms with Crippen LogP contribution in [0.2, 0.25) is 0 Å². The van der Waals surface area contributed by atoms with E-state index in [0.717, 1.165) is 36.3 Å². The highest BCUT2D eigenvalue weighted by molar-refractivity contribution is 5.83. The van der Waals surface area contributed by atoms with Crippen LogP contribution in [0.15, 0.2) is 60.9 Å². The lowest BCUT2D eigenvalue weighted by Gasteiger charge is -2.21. The highest BCUT2D eigenvalue weighted by Gasteiger charge is 2.15. The minimum Gasteiger partial charge on any atom is -0.399 e. The summed E-state index contributed by atoms with van der Waals surface area (Å²) in [6.07, 6.45) is 5.13. The van der Waals surface area contributed by atoms with Crippen LogP contribution in [0.1, 0.15) is 31.7 Å². The van der Waals surface area contributed by atoms with Gasteiger partial charge in [0.1, 0.15) is 11.6 Å². The van der Waals surface area contributed by atoms with Crippen molar-refractivity contribution in [3.05, 3.63) is 78.1 Å². The van der Waals surface area contributed by atoms with Gasteiger partial charge in [0.25, 0.3) is 0 Å². The van der Waals surface area contributed by atoms with Crippen LogP contribution in [-0.2, 0) is 24.4 Å². The third-order valence-corrected chi connectivity index (χ3v) is 5.72. The number of carbonyl (C=O) groups excluding carboxylic acids is 1. The van der Waals surface area contributed by atoms with E-state index in [-0.39, 0.29) is 5.82 Å². The number of hydrogen-bond donors (Lipinski definition) is 2. The second kappa shape index (κ2) is 10.3. The largest absolute Gasteiger partial charge is 0.399 e. The number of nitrogens with one attached hydrogen (secondary N) is 1. The quantitative estimate of drug-likeness (QED) is 0.258. The van der Waals surface area contributed by atoms with E-state index in [4.69, 9.17) is 5.73 Å². The van der Waals surface area contributed by atoms with Gasteiger partial charge in [-0.05, 0) is 48.2 Å². The van der Waals surface area contributed by atoms with Crippen LogP contribution >= 0.6 is 0 Å². The molecule has 0 saturated heterocycles. The second-order valence-corrected chi connectivity index (χ2v) is 8.72. The second-order valence-electron chi connectivity index (χ2n) is 8.72. The molecule has 0 spiro atoms. The highest BCUT2D eigenvalue weighted by atomic mass is 19.1. The lowest BCUT2D eigenvalue weighted by atomic mass is 10.1. The first kappa shape index (κ1) is 23.2. The van der Waals surface area contributed by atoms with Gasteiger partial charge in [-0.3, -0.25) is 9.78 Å². The first-order valence-electron chi connectivity index (χ1n) is 11.3. The number of amides is 1. The number of pyridine rings is 1. The number of halogens is 1. The predicted octanol–water partition coefficient (Wildman–Crippen LogP) is 4.97. The van der Waals surface area contributed by atoms with Gasteiger partial charge in [0.15, 0.2) is 0 Å². The summed E-state index contributed by atoms with van der Waals surface area (Å²) in [6.45, 7) is 5.94. The normalized spacial score (nSPS) is 11.2. The summed E-state index contributed by atoms with van der Waals surface area (Å²) in [4.78, 5) is 22.5. The third kappa shape index (κ3) is 5.33. The molecule has 176 valence electrons. The van der Waals surface area contributed by atoms with Gasteiger partial charge in [0, 0.05) is 24.5 Å². The van der Waals surface area contributed by atoms with Crippen molar-refractivity contribution in [2.75, 3.05) is 16.0 Å². The van der Waals surface area contributed by atoms with Crippen molar-refractivity contribution in [3.8, 4) is 0 Å². The fourth-order valence-electron chi connectivity index (χ4n) is 3.87. The Kier molecular flexibility index (Phi) is 7.06. The van der Waals surface area contributed by atoms with Crippen molar-refractivity contribution in [2.45, 2.75) is 39.9 Å². The van der Waals surface area contributed by atoms with E-state index in [2.05, 4.69) is 33.7 Å². The molecule has 2 aromatic heterocycles. The number of benzene rings is 2. The smallest absolute Gasteiger partial charge is 0.214 e. The van der Waals surface area contributed by atoms with E-state index in [0.29, 0.717) is 41.6 Å². The summed E-state index contributed by atoms with van der Waals surface area (Å²) >= 11 is 0. The average molecular weight is 461 g/mol. The average Bonchev–Trinajstić information content (AvgIpc) is 3.17. The Morgan fingerprint density at radius 3 is 2.71 bits per heavy atom. The highest BCUT2D eigenvalue weighted by Crippen LogP contribution is 2.27. The maximum absolute atomic E-state index is 13.8. The van der Waals surface area contributed by atoms with Crippen LogP contribution in [0.3, 0.4) is 0 Å². The van der Waals surface area contributed by atoms with Crippen LogP contribution in [0.5, 0.6) is 0 Å². The molecule has 0 radical (unpaired) electrons. The fourth-order valence-corrected chi connectivity index (χ4v) is 3.87. The summed E-state index contributed by atoms with van der Waals surface area (Å²) in [5.74, 6) is 1.02. The van der Waals surface area contributed by atoms with Crippen LogP contribution in [-0.4, -0.2) is 20.9 Å². The molecule has 1 amide bonds. The number of rotatable bonds is 10. The molecule has 0 aliphatic carbocycles. The van der Waals surface area contributed by atoms with Crippen molar-refractivity contribution in [1.29, 1.82) is 0 Å². The van der Waals surface area contributed by atoms with Gasteiger partial charge in [0.2, 0.25) is 6.41 Å². The van der Waals surface area contributed by atoms with Crippen LogP contribution in [0, 0.1) is 11.7 Å². The van der Waals surface area contributed by atoms with Crippen molar-refractivity contribution >= 4 is 34.5 Å². The monoisotopic (exact) mass is 460 g/mol. The van der Waals surface area contributed by atoms with Gasteiger partial charge in [-0.2, -0.15) is 0 Å². The number of hydrogen-bond acceptors (Lipinski definition) is 5. The first-order valence-corrected chi connectivity index (χ1v) is 11.3. The molecule has 3 N–H and O–H groups in total. The zero-order valence-corrected chi connectivity index (χ0v) is 19.4. The minimum atomic E-state index is -0.306. The molecule has 0 unspecified atom stereocenters. The van der Waals surface area contributed by atoms with Crippen LogP contribution < -0.4 is 16.0 Å². The van der Waals surface area contributed by atoms with Crippen molar-refractivity contribution in [2.24, 2.45) is 5.92 Å². The summed E-state index contributed by atoms with van der Waals surface area (Å²) in [5, 5.41) is 3.38. The van der Waals surface area contributed by atoms with Gasteiger partial charge >= 0.3 is 0 Å². The first-order chi connectivity index (χ1) is 16.4. The van der Waals surface area contributed by atoms with Gasteiger partial charge in [-0.25, -0.2) is 9.37 Å². The molecule has 0 fully saturated rings. The van der Waals surface area contributed by atoms with E-state index in [1.807, 2.05) is 24.3 Å². The van der Waals surface area contributed by atoms with E-state index in [1.165, 1.54) is 12.1 Å². The maximum Gasteiger partial charge on any atom is 0.214 e. The van der Waals surface area contributed by atoms with Crippen molar-refractivity contribution in [3.63, 3.8) is 0 Å². The zero-order chi connectivity index (χ0) is 24.1. The molecule has 2 heterocycles. The molecule has 0 saturated carbocycles. The fraction of sp³-hybridized carbons (Fsp3) is 0.269. The molecule has 34 heavy (non-hydrogen) atoms. The molecule has 7 nitrogen and oxygen atoms in total. The number of fused-ring (bicyclic) bond motifs is 1. The number of anilines is 3. The number of aromatic nitrogens is 3. The molecular formula is C26H29FN6O. The number of carbonyl (C=O) groups is 1. The molecule has 0 bridgehead atoms. The van der Waals surface area contributed by atoms with Crippen molar-refractivity contribution < 1.29 is 9.18 Å². The molecule has 0 aliphatic heterocycles. The lowest BCUT2D eigenvalue weighted by Crippen LogP contribution is -2.22. The van der Waals surface area contributed by atoms with Gasteiger partial charge in [0.05, 0.1) is 41.7 Å². The summed E-state index contributed by atoms with van der Waals surface area (Å²) < 4.78 is 15.9. The number of imidazole rings is 1. The Morgan fingerprint density at radius 2 is 1.97 bits per heavy atom. The molecule has 0 atom stereocenters. The van der Waals surface area contributed by atoms with E-state index in [9.17, 15) is 9.18 Å². The SMILES string of the molecule is CC(C)CCn1c(CNc2cnccc2N(C=O)Cc2ccc(N)cc2)nc2cc(F)ccc21. The Balaban J connectivity index is 1.59. The van der Waals surface area contributed by atoms with Gasteiger partial charge in [-0.15, -0.1) is 0 Å². The number of aryl methyl sites for hydroxylation is 1. The minimum absolute atomic E-state index is 0.306. The summed E-state index contributed by atoms with van der Waals surface area (Å²) in [5.41, 5.74) is 10.4. The lowest BCUT2D eigenvalue weighted by molar-refractivity contribution is -0.107. The molecule has 2 aromatic carbocycles. The Labute approximate surface area is 198 Å². The topological polar surface area (TPSA) is 89.1 Å². The van der Waals surface area contributed by atoms with E-state index >= 15 is 0 Å². The zero-order valence-electron chi connectivity index (χ0n) is 19.4. The van der Waals surface area contributed by atoms with Crippen molar-refractivity contribution in [1.82, 2.24) is 14.5 Å². The van der Waals surface area contributed by atoms with E-state index < -0.39 is 0 Å². The predicted molar refractivity (Wildman–Crippen MR) is 134 cm³/mol. The number of nitrogens with zero attached hydrogens (tertiary/aromatic N) is 4. The number of nitrogens with two attached hydrogens (primary N) is 1.